The molecule has 0 aromatic rings. The molecular weight excluding hydrogens is 262 g/mol. The van der Waals surface area contributed by atoms with Gasteiger partial charge in [0.1, 0.15) is 0 Å². The summed E-state index contributed by atoms with van der Waals surface area (Å²) in [6.07, 6.45) is 0.117. The largest absolute Gasteiger partial charge is 0.479 e. The van der Waals surface area contributed by atoms with Crippen LogP contribution in [0.4, 0.5) is 4.79 Å². The van der Waals surface area contributed by atoms with Gasteiger partial charge >= 0.3 is 12.1 Å². The van der Waals surface area contributed by atoms with Gasteiger partial charge in [0.15, 0.2) is 5.54 Å². The van der Waals surface area contributed by atoms with Crippen LogP contribution >= 0.6 is 0 Å². The zero-order chi connectivity index (χ0) is 15.6. The first-order valence-electron chi connectivity index (χ1n) is 6.83. The molecule has 1 saturated heterocycles. The van der Waals surface area contributed by atoms with Crippen molar-refractivity contribution in [1.82, 2.24) is 4.90 Å². The van der Waals surface area contributed by atoms with E-state index in [0.717, 1.165) is 6.42 Å². The van der Waals surface area contributed by atoms with Crippen molar-refractivity contribution in [2.45, 2.75) is 52.2 Å². The third kappa shape index (κ3) is 3.42. The summed E-state index contributed by atoms with van der Waals surface area (Å²) in [6.45, 7) is 8.28. The van der Waals surface area contributed by atoms with Crippen LogP contribution in [0.1, 0.15) is 40.5 Å². The smallest absolute Gasteiger partial charge is 0.410 e. The van der Waals surface area contributed by atoms with E-state index in [-0.39, 0.29) is 12.0 Å². The van der Waals surface area contributed by atoms with E-state index in [1.165, 1.54) is 18.9 Å². The minimum Gasteiger partial charge on any atom is -0.479 e. The van der Waals surface area contributed by atoms with Crippen molar-refractivity contribution in [2.75, 3.05) is 20.3 Å². The molecule has 0 bridgehead atoms. The Labute approximate surface area is 120 Å². The second-order valence-corrected chi connectivity index (χ2v) is 6.54. The van der Waals surface area contributed by atoms with Gasteiger partial charge in [-0.2, -0.15) is 0 Å². The van der Waals surface area contributed by atoms with Crippen molar-refractivity contribution >= 4 is 12.1 Å². The lowest BCUT2D eigenvalue weighted by molar-refractivity contribution is -0.153. The highest BCUT2D eigenvalue weighted by Crippen LogP contribution is 2.32. The van der Waals surface area contributed by atoms with Gasteiger partial charge in [0.05, 0.1) is 12.7 Å². The monoisotopic (exact) mass is 287 g/mol. The normalized spacial score (nSPS) is 26.6. The highest BCUT2D eigenvalue weighted by Gasteiger charge is 2.54. The van der Waals surface area contributed by atoms with Gasteiger partial charge in [0.2, 0.25) is 0 Å². The van der Waals surface area contributed by atoms with Crippen molar-refractivity contribution in [3.8, 4) is 0 Å². The van der Waals surface area contributed by atoms with Gasteiger partial charge in [-0.15, -0.1) is 0 Å². The van der Waals surface area contributed by atoms with E-state index in [1.54, 1.807) is 0 Å². The highest BCUT2D eigenvalue weighted by atomic mass is 16.6. The van der Waals surface area contributed by atoms with Gasteiger partial charge in [-0.1, -0.05) is 20.8 Å². The Hall–Kier alpha value is -1.30. The quantitative estimate of drug-likeness (QED) is 0.857. The minimum atomic E-state index is -1.37. The van der Waals surface area contributed by atoms with Crippen LogP contribution in [-0.4, -0.2) is 54.0 Å². The lowest BCUT2D eigenvalue weighted by atomic mass is 9.93. The number of hydrogen-bond donors (Lipinski definition) is 1. The maximum Gasteiger partial charge on any atom is 0.410 e. The van der Waals surface area contributed by atoms with Crippen LogP contribution in [-0.2, 0) is 14.3 Å². The van der Waals surface area contributed by atoms with E-state index in [2.05, 4.69) is 20.8 Å². The second kappa shape index (κ2) is 5.99. The molecule has 0 aliphatic carbocycles. The molecular formula is C14H25NO5. The molecule has 20 heavy (non-hydrogen) atoms. The van der Waals surface area contributed by atoms with Crippen LogP contribution in [0.5, 0.6) is 0 Å². The molecule has 1 rings (SSSR count). The standard InChI is InChI=1S/C14H25NO5/c1-13(2,3)7-9-20-12(18)15-8-6-10(19-5)14(15,4)11(16)17/h10H,6-9H2,1-5H3,(H,16,17). The molecule has 0 spiro atoms. The zero-order valence-electron chi connectivity index (χ0n) is 12.9. The van der Waals surface area contributed by atoms with Crippen LogP contribution in [0.3, 0.4) is 0 Å². The Bertz CT molecular complexity index is 376. The Morgan fingerprint density at radius 3 is 2.45 bits per heavy atom. The average Bonchev–Trinajstić information content (AvgIpc) is 2.65. The summed E-state index contributed by atoms with van der Waals surface area (Å²) in [5, 5.41) is 9.42. The number of nitrogens with zero attached hydrogens (tertiary/aromatic N) is 1. The van der Waals surface area contributed by atoms with E-state index < -0.39 is 23.7 Å². The summed E-state index contributed by atoms with van der Waals surface area (Å²) >= 11 is 0. The third-order valence-corrected chi connectivity index (χ3v) is 3.82. The van der Waals surface area contributed by atoms with Crippen LogP contribution in [0.25, 0.3) is 0 Å². The lowest BCUT2D eigenvalue weighted by Gasteiger charge is -2.33. The number of likely N-dealkylation sites (tertiary alicyclic amines) is 1. The molecule has 1 aliphatic heterocycles. The van der Waals surface area contributed by atoms with E-state index in [4.69, 9.17) is 9.47 Å². The summed E-state index contributed by atoms with van der Waals surface area (Å²) in [6, 6.07) is 0. The minimum absolute atomic E-state index is 0.0659. The molecule has 1 aliphatic rings. The number of methoxy groups -OCH3 is 1. The third-order valence-electron chi connectivity index (χ3n) is 3.82. The maximum absolute atomic E-state index is 12.1. The summed E-state index contributed by atoms with van der Waals surface area (Å²) in [4.78, 5) is 24.9. The molecule has 1 N–H and O–H groups in total. The number of carbonyl (C=O) groups excluding carboxylic acids is 1. The number of ether oxygens (including phenoxy) is 2. The number of carboxylic acids is 1. The molecule has 2 atom stereocenters. The topological polar surface area (TPSA) is 76.1 Å². The van der Waals surface area contributed by atoms with Gasteiger partial charge in [0.25, 0.3) is 0 Å². The fourth-order valence-corrected chi connectivity index (χ4v) is 2.34. The molecule has 116 valence electrons. The fourth-order valence-electron chi connectivity index (χ4n) is 2.34. The summed E-state index contributed by atoms with van der Waals surface area (Å²) in [5.41, 5.74) is -1.30. The second-order valence-electron chi connectivity index (χ2n) is 6.54. The molecule has 6 nitrogen and oxygen atoms in total. The van der Waals surface area contributed by atoms with Gasteiger partial charge in [-0.3, -0.25) is 4.90 Å². The molecule has 2 unspecified atom stereocenters. The maximum atomic E-state index is 12.1. The number of hydrogen-bond acceptors (Lipinski definition) is 4. The molecule has 0 saturated carbocycles. The molecule has 0 aromatic carbocycles. The predicted octanol–water partition coefficient (Wildman–Crippen LogP) is 2.12. The van der Waals surface area contributed by atoms with E-state index in [1.807, 2.05) is 0 Å². The first kappa shape index (κ1) is 16.8. The van der Waals surface area contributed by atoms with Crippen LogP contribution in [0.2, 0.25) is 0 Å². The van der Waals surface area contributed by atoms with Crippen molar-refractivity contribution in [3.63, 3.8) is 0 Å². The average molecular weight is 287 g/mol. The first-order valence-corrected chi connectivity index (χ1v) is 6.83. The summed E-state index contributed by atoms with van der Waals surface area (Å²) in [5.74, 6) is -1.07. The SMILES string of the molecule is COC1CCN(C(=O)OCCC(C)(C)C)C1(C)C(=O)O. The van der Waals surface area contributed by atoms with Gasteiger partial charge in [-0.05, 0) is 25.2 Å². The molecule has 6 heteroatoms. The Balaban J connectivity index is 2.70. The number of carboxylic acid groups (broad SMARTS) is 1. The molecule has 1 heterocycles. The van der Waals surface area contributed by atoms with Crippen molar-refractivity contribution in [1.29, 1.82) is 0 Å². The van der Waals surface area contributed by atoms with E-state index >= 15 is 0 Å². The molecule has 1 amide bonds. The van der Waals surface area contributed by atoms with Crippen LogP contribution in [0.15, 0.2) is 0 Å². The Morgan fingerprint density at radius 1 is 1.40 bits per heavy atom. The van der Waals surface area contributed by atoms with Crippen molar-refractivity contribution < 1.29 is 24.2 Å². The Morgan fingerprint density at radius 2 is 2.00 bits per heavy atom. The summed E-state index contributed by atoms with van der Waals surface area (Å²) in [7, 11) is 1.46. The van der Waals surface area contributed by atoms with E-state index in [9.17, 15) is 14.7 Å². The first-order chi connectivity index (χ1) is 9.13. The van der Waals surface area contributed by atoms with Crippen molar-refractivity contribution in [3.05, 3.63) is 0 Å². The molecule has 0 radical (unpaired) electrons. The highest BCUT2D eigenvalue weighted by molar-refractivity contribution is 5.85. The fraction of sp³-hybridized carbons (Fsp3) is 0.857. The molecule has 0 aromatic heterocycles. The number of aliphatic carboxylic acids is 1. The van der Waals surface area contributed by atoms with Crippen LogP contribution < -0.4 is 0 Å². The van der Waals surface area contributed by atoms with Gasteiger partial charge in [0, 0.05) is 13.7 Å². The number of rotatable bonds is 4. The lowest BCUT2D eigenvalue weighted by Crippen LogP contribution is -2.56. The van der Waals surface area contributed by atoms with Gasteiger partial charge < -0.3 is 14.6 Å². The number of amides is 1. The van der Waals surface area contributed by atoms with E-state index in [0.29, 0.717) is 13.0 Å². The Kier molecular flexibility index (Phi) is 5.02. The predicted molar refractivity (Wildman–Crippen MR) is 73.6 cm³/mol. The number of carbonyl (C=O) groups is 2. The van der Waals surface area contributed by atoms with Crippen molar-refractivity contribution in [2.24, 2.45) is 5.41 Å². The summed E-state index contributed by atoms with van der Waals surface area (Å²) < 4.78 is 10.4. The molecule has 1 fully saturated rings. The van der Waals surface area contributed by atoms with Gasteiger partial charge in [-0.25, -0.2) is 9.59 Å². The van der Waals surface area contributed by atoms with Crippen LogP contribution in [0, 0.1) is 5.41 Å². The zero-order valence-corrected chi connectivity index (χ0v) is 12.9.